The Kier molecular flexibility index (Phi) is 6.10. The Morgan fingerprint density at radius 3 is 2.39 bits per heavy atom. The summed E-state index contributed by atoms with van der Waals surface area (Å²) in [6, 6.07) is 11.7. The van der Waals surface area contributed by atoms with Crippen LogP contribution in [0.4, 0.5) is 0 Å². The zero-order valence-electron chi connectivity index (χ0n) is 14.2. The lowest BCUT2D eigenvalue weighted by molar-refractivity contribution is -0.122. The summed E-state index contributed by atoms with van der Waals surface area (Å²) >= 11 is 0. The minimum Gasteiger partial charge on any atom is -0.355 e. The molecule has 0 spiro atoms. The summed E-state index contributed by atoms with van der Waals surface area (Å²) in [5, 5.41) is 6.80. The van der Waals surface area contributed by atoms with Crippen molar-refractivity contribution in [1.82, 2.24) is 10.6 Å². The SMILES string of the molecule is CC(C)(CNC(=O)CC1CC2CCC(C1)N2)c1ccccc1.Cl. The number of benzene rings is 1. The largest absolute Gasteiger partial charge is 0.355 e. The lowest BCUT2D eigenvalue weighted by Crippen LogP contribution is -2.41. The van der Waals surface area contributed by atoms with E-state index in [1.807, 2.05) is 6.07 Å². The number of carbonyl (C=O) groups excluding carboxylic acids is 1. The van der Waals surface area contributed by atoms with Crippen LogP contribution in [0.5, 0.6) is 0 Å². The second kappa shape index (κ2) is 7.67. The van der Waals surface area contributed by atoms with Gasteiger partial charge in [-0.05, 0) is 37.2 Å². The molecule has 2 bridgehead atoms. The van der Waals surface area contributed by atoms with Crippen molar-refractivity contribution in [2.24, 2.45) is 5.92 Å². The number of piperidine rings is 1. The molecule has 0 saturated carbocycles. The fourth-order valence-electron chi connectivity index (χ4n) is 3.99. The molecular weight excluding hydrogens is 308 g/mol. The monoisotopic (exact) mass is 336 g/mol. The van der Waals surface area contributed by atoms with Crippen molar-refractivity contribution >= 4 is 18.3 Å². The molecule has 0 radical (unpaired) electrons. The molecule has 2 aliphatic heterocycles. The van der Waals surface area contributed by atoms with Gasteiger partial charge in [0.2, 0.25) is 5.91 Å². The van der Waals surface area contributed by atoms with Crippen LogP contribution in [0, 0.1) is 5.92 Å². The highest BCUT2D eigenvalue weighted by molar-refractivity contribution is 5.85. The molecule has 2 atom stereocenters. The fraction of sp³-hybridized carbons (Fsp3) is 0.632. The minimum absolute atomic E-state index is 0. The molecule has 4 heteroatoms. The van der Waals surface area contributed by atoms with E-state index in [-0.39, 0.29) is 23.7 Å². The summed E-state index contributed by atoms with van der Waals surface area (Å²) in [5.41, 5.74) is 1.25. The molecule has 3 rings (SSSR count). The standard InChI is InChI=1S/C19H28N2O.ClH/c1-19(2,15-6-4-3-5-7-15)13-20-18(22)12-14-10-16-8-9-17(11-14)21-16;/h3-7,14,16-17,21H,8-13H2,1-2H3,(H,20,22);1H. The Morgan fingerprint density at radius 1 is 1.17 bits per heavy atom. The maximum atomic E-state index is 12.3. The highest BCUT2D eigenvalue weighted by Gasteiger charge is 2.34. The first kappa shape index (κ1) is 18.3. The van der Waals surface area contributed by atoms with Crippen molar-refractivity contribution in [2.75, 3.05) is 6.54 Å². The second-order valence-electron chi connectivity index (χ2n) is 7.71. The van der Waals surface area contributed by atoms with Gasteiger partial charge in [0.25, 0.3) is 0 Å². The number of halogens is 1. The molecule has 2 N–H and O–H groups in total. The van der Waals surface area contributed by atoms with E-state index < -0.39 is 0 Å². The van der Waals surface area contributed by atoms with E-state index in [9.17, 15) is 4.79 Å². The van der Waals surface area contributed by atoms with Gasteiger partial charge >= 0.3 is 0 Å². The van der Waals surface area contributed by atoms with Crippen LogP contribution in [0.1, 0.15) is 51.5 Å². The summed E-state index contributed by atoms with van der Waals surface area (Å²) in [7, 11) is 0. The van der Waals surface area contributed by atoms with E-state index in [2.05, 4.69) is 48.7 Å². The molecule has 3 nitrogen and oxygen atoms in total. The minimum atomic E-state index is -0.0237. The number of hydrogen-bond acceptors (Lipinski definition) is 2. The average Bonchev–Trinajstić information content (AvgIpc) is 2.85. The van der Waals surface area contributed by atoms with E-state index in [1.54, 1.807) is 0 Å². The molecule has 23 heavy (non-hydrogen) atoms. The first-order valence-corrected chi connectivity index (χ1v) is 8.61. The third-order valence-electron chi connectivity index (χ3n) is 5.33. The Morgan fingerprint density at radius 2 is 1.78 bits per heavy atom. The maximum absolute atomic E-state index is 12.3. The summed E-state index contributed by atoms with van der Waals surface area (Å²) in [6.45, 7) is 5.08. The van der Waals surface area contributed by atoms with Gasteiger partial charge in [-0.15, -0.1) is 12.4 Å². The number of hydrogen-bond donors (Lipinski definition) is 2. The molecule has 1 aromatic rings. The van der Waals surface area contributed by atoms with Crippen molar-refractivity contribution in [3.63, 3.8) is 0 Å². The molecule has 0 aromatic heterocycles. The highest BCUT2D eigenvalue weighted by atomic mass is 35.5. The van der Waals surface area contributed by atoms with Crippen LogP contribution in [0.15, 0.2) is 30.3 Å². The molecule has 1 amide bonds. The van der Waals surface area contributed by atoms with Crippen LogP contribution in [0.2, 0.25) is 0 Å². The van der Waals surface area contributed by atoms with Crippen molar-refractivity contribution in [3.8, 4) is 0 Å². The van der Waals surface area contributed by atoms with Crippen LogP contribution in [0.3, 0.4) is 0 Å². The van der Waals surface area contributed by atoms with Crippen LogP contribution >= 0.6 is 12.4 Å². The zero-order valence-corrected chi connectivity index (χ0v) is 15.0. The predicted octanol–water partition coefficient (Wildman–Crippen LogP) is 3.42. The van der Waals surface area contributed by atoms with Crippen LogP contribution in [-0.2, 0) is 10.2 Å². The van der Waals surface area contributed by atoms with Gasteiger partial charge in [-0.1, -0.05) is 44.2 Å². The molecule has 0 aliphatic carbocycles. The molecule has 2 aliphatic rings. The third kappa shape index (κ3) is 4.71. The molecular formula is C19H29ClN2O. The van der Waals surface area contributed by atoms with Gasteiger partial charge in [-0.2, -0.15) is 0 Å². The summed E-state index contributed by atoms with van der Waals surface area (Å²) in [6.07, 6.45) is 5.63. The van der Waals surface area contributed by atoms with E-state index in [1.165, 1.54) is 31.2 Å². The second-order valence-corrected chi connectivity index (χ2v) is 7.71. The molecule has 2 saturated heterocycles. The molecule has 2 unspecified atom stereocenters. The lowest BCUT2D eigenvalue weighted by atomic mass is 9.84. The average molecular weight is 337 g/mol. The van der Waals surface area contributed by atoms with Crippen LogP contribution in [0.25, 0.3) is 0 Å². The number of fused-ring (bicyclic) bond motifs is 2. The van der Waals surface area contributed by atoms with Gasteiger partial charge in [0.15, 0.2) is 0 Å². The van der Waals surface area contributed by atoms with E-state index in [4.69, 9.17) is 0 Å². The molecule has 128 valence electrons. The quantitative estimate of drug-likeness (QED) is 0.865. The Hall–Kier alpha value is -1.06. The van der Waals surface area contributed by atoms with Gasteiger partial charge in [0, 0.05) is 30.5 Å². The van der Waals surface area contributed by atoms with E-state index >= 15 is 0 Å². The van der Waals surface area contributed by atoms with Crippen LogP contribution in [-0.4, -0.2) is 24.5 Å². The van der Waals surface area contributed by atoms with Crippen molar-refractivity contribution in [3.05, 3.63) is 35.9 Å². The van der Waals surface area contributed by atoms with Gasteiger partial charge in [-0.25, -0.2) is 0 Å². The van der Waals surface area contributed by atoms with E-state index in [0.717, 1.165) is 0 Å². The Labute approximate surface area is 146 Å². The summed E-state index contributed by atoms with van der Waals surface area (Å²) in [5.74, 6) is 0.786. The normalized spacial score (nSPS) is 26.4. The summed E-state index contributed by atoms with van der Waals surface area (Å²) in [4.78, 5) is 12.3. The third-order valence-corrected chi connectivity index (χ3v) is 5.33. The number of rotatable bonds is 5. The topological polar surface area (TPSA) is 41.1 Å². The Bertz CT molecular complexity index is 505. The number of amides is 1. The van der Waals surface area contributed by atoms with Gasteiger partial charge in [-0.3, -0.25) is 4.79 Å². The maximum Gasteiger partial charge on any atom is 0.220 e. The van der Waals surface area contributed by atoms with Crippen LogP contribution < -0.4 is 10.6 Å². The first-order valence-electron chi connectivity index (χ1n) is 8.61. The van der Waals surface area contributed by atoms with Crippen molar-refractivity contribution in [2.45, 2.75) is 63.5 Å². The summed E-state index contributed by atoms with van der Waals surface area (Å²) < 4.78 is 0. The van der Waals surface area contributed by atoms with E-state index in [0.29, 0.717) is 31.0 Å². The number of carbonyl (C=O) groups is 1. The lowest BCUT2D eigenvalue weighted by Gasteiger charge is -2.29. The molecule has 2 heterocycles. The molecule has 1 aromatic carbocycles. The number of nitrogens with one attached hydrogen (secondary N) is 2. The Balaban J connectivity index is 0.00000192. The first-order chi connectivity index (χ1) is 10.5. The fourth-order valence-corrected chi connectivity index (χ4v) is 3.99. The van der Waals surface area contributed by atoms with Gasteiger partial charge in [0.1, 0.15) is 0 Å². The smallest absolute Gasteiger partial charge is 0.220 e. The van der Waals surface area contributed by atoms with Gasteiger partial charge in [0.05, 0.1) is 0 Å². The zero-order chi connectivity index (χ0) is 15.6. The van der Waals surface area contributed by atoms with Crippen molar-refractivity contribution < 1.29 is 4.79 Å². The molecule has 2 fully saturated rings. The van der Waals surface area contributed by atoms with Gasteiger partial charge < -0.3 is 10.6 Å². The van der Waals surface area contributed by atoms with Crippen molar-refractivity contribution in [1.29, 1.82) is 0 Å². The highest BCUT2D eigenvalue weighted by Crippen LogP contribution is 2.32. The predicted molar refractivity (Wildman–Crippen MR) is 97.0 cm³/mol.